The van der Waals surface area contributed by atoms with E-state index < -0.39 is 6.04 Å². The van der Waals surface area contributed by atoms with Crippen LogP contribution in [0.1, 0.15) is 103 Å². The molecule has 1 saturated carbocycles. The molecule has 2 rings (SSSR count). The zero-order valence-electron chi connectivity index (χ0n) is 26.8. The van der Waals surface area contributed by atoms with Crippen molar-refractivity contribution in [2.75, 3.05) is 27.2 Å². The minimum Gasteiger partial charge on any atom is -0.392 e. The first kappa shape index (κ1) is 36.4. The molecule has 1 aromatic rings. The van der Waals surface area contributed by atoms with Crippen LogP contribution in [-0.2, 0) is 9.59 Å². The summed E-state index contributed by atoms with van der Waals surface area (Å²) in [6.07, 6.45) is 15.0. The fourth-order valence-electron chi connectivity index (χ4n) is 4.95. The molecule has 0 radical (unpaired) electrons. The molecule has 3 N–H and O–H groups in total. The van der Waals surface area contributed by atoms with Crippen LogP contribution >= 0.6 is 11.3 Å². The van der Waals surface area contributed by atoms with Crippen molar-refractivity contribution in [3.63, 3.8) is 0 Å². The first-order valence-electron chi connectivity index (χ1n) is 15.5. The molecule has 2 amide bonds. The fraction of sp³-hybridized carbons (Fsp3) is 0.656. The van der Waals surface area contributed by atoms with Crippen molar-refractivity contribution in [3.05, 3.63) is 47.2 Å². The van der Waals surface area contributed by atoms with E-state index in [0.717, 1.165) is 54.9 Å². The van der Waals surface area contributed by atoms with Crippen LogP contribution in [0.2, 0.25) is 0 Å². The summed E-state index contributed by atoms with van der Waals surface area (Å²) in [5, 5.41) is 12.2. The number of carbonyl (C=O) groups excluding carboxylic acids is 2. The maximum absolute atomic E-state index is 14.2. The van der Waals surface area contributed by atoms with E-state index in [4.69, 9.17) is 4.98 Å². The van der Waals surface area contributed by atoms with Crippen LogP contribution in [-0.4, -0.2) is 65.9 Å². The van der Waals surface area contributed by atoms with Gasteiger partial charge in [0.1, 0.15) is 11.0 Å². The van der Waals surface area contributed by atoms with Gasteiger partial charge in [-0.1, -0.05) is 59.1 Å². The first-order chi connectivity index (χ1) is 19.8. The van der Waals surface area contributed by atoms with E-state index in [1.165, 1.54) is 6.42 Å². The van der Waals surface area contributed by atoms with Crippen LogP contribution in [0.25, 0.3) is 5.70 Å². The largest absolute Gasteiger partial charge is 0.392 e. The smallest absolute Gasteiger partial charge is 0.246 e. The molecule has 1 heterocycles. The van der Waals surface area contributed by atoms with Crippen molar-refractivity contribution in [2.45, 2.75) is 105 Å². The third-order valence-electron chi connectivity index (χ3n) is 7.31. The summed E-state index contributed by atoms with van der Waals surface area (Å²) >= 11 is 1.56. The molecular formula is C32H56N6O2S. The molecule has 232 valence electrons. The van der Waals surface area contributed by atoms with E-state index in [-0.39, 0.29) is 29.8 Å². The molecule has 1 aliphatic carbocycles. The van der Waals surface area contributed by atoms with Crippen molar-refractivity contribution in [2.24, 2.45) is 5.92 Å². The molecule has 0 spiro atoms. The molecule has 41 heavy (non-hydrogen) atoms. The molecule has 0 bridgehead atoms. The molecule has 0 saturated heterocycles. The monoisotopic (exact) mass is 588 g/mol. The van der Waals surface area contributed by atoms with Crippen molar-refractivity contribution < 1.29 is 9.59 Å². The normalized spacial score (nSPS) is 16.2. The highest BCUT2D eigenvalue weighted by Crippen LogP contribution is 2.32. The lowest BCUT2D eigenvalue weighted by Gasteiger charge is -2.36. The Kier molecular flexibility index (Phi) is 18.0. The van der Waals surface area contributed by atoms with Gasteiger partial charge in [-0.3, -0.25) is 9.59 Å². The number of aromatic nitrogens is 1. The number of thiazole rings is 1. The van der Waals surface area contributed by atoms with Crippen LogP contribution in [0.5, 0.6) is 0 Å². The van der Waals surface area contributed by atoms with Gasteiger partial charge in [-0.15, -0.1) is 17.9 Å². The van der Waals surface area contributed by atoms with Crippen LogP contribution in [0.3, 0.4) is 0 Å². The van der Waals surface area contributed by atoms with Crippen LogP contribution < -0.4 is 16.0 Å². The second-order valence-electron chi connectivity index (χ2n) is 10.2. The van der Waals surface area contributed by atoms with Gasteiger partial charge in [0.05, 0.1) is 23.5 Å². The molecule has 0 aromatic carbocycles. The average molecular weight is 589 g/mol. The minimum atomic E-state index is -0.524. The van der Waals surface area contributed by atoms with Crippen LogP contribution in [0.15, 0.2) is 36.5 Å². The van der Waals surface area contributed by atoms with Gasteiger partial charge in [0.2, 0.25) is 11.8 Å². The van der Waals surface area contributed by atoms with E-state index >= 15 is 0 Å². The number of nitrogens with zero attached hydrogens (tertiary/aromatic N) is 3. The Balaban J connectivity index is 0.00000411. The van der Waals surface area contributed by atoms with Crippen molar-refractivity contribution in [1.29, 1.82) is 0 Å². The molecule has 9 heteroatoms. The number of amides is 2. The molecule has 1 aliphatic rings. The zero-order chi connectivity index (χ0) is 30.8. The lowest BCUT2D eigenvalue weighted by Crippen LogP contribution is -2.56. The van der Waals surface area contributed by atoms with Crippen LogP contribution in [0.4, 0.5) is 0 Å². The van der Waals surface area contributed by atoms with E-state index in [1.54, 1.807) is 18.4 Å². The van der Waals surface area contributed by atoms with Gasteiger partial charge in [-0.2, -0.15) is 0 Å². The van der Waals surface area contributed by atoms with Crippen molar-refractivity contribution >= 4 is 28.8 Å². The number of rotatable bonds is 16. The highest BCUT2D eigenvalue weighted by molar-refractivity contribution is 7.09. The Morgan fingerprint density at radius 1 is 1.17 bits per heavy atom. The molecule has 2 unspecified atom stereocenters. The van der Waals surface area contributed by atoms with E-state index in [1.807, 2.05) is 51.9 Å². The van der Waals surface area contributed by atoms with Gasteiger partial charge < -0.3 is 25.8 Å². The lowest BCUT2D eigenvalue weighted by atomic mass is 9.83. The predicted molar refractivity (Wildman–Crippen MR) is 174 cm³/mol. The summed E-state index contributed by atoms with van der Waals surface area (Å²) in [4.78, 5) is 36.1. The van der Waals surface area contributed by atoms with Gasteiger partial charge in [0.25, 0.3) is 0 Å². The number of nitrogens with one attached hydrogen (secondary N) is 3. The van der Waals surface area contributed by atoms with E-state index in [2.05, 4.69) is 58.9 Å². The molecule has 1 aromatic heterocycles. The quantitative estimate of drug-likeness (QED) is 0.203. The summed E-state index contributed by atoms with van der Waals surface area (Å²) < 4.78 is 0. The maximum atomic E-state index is 14.2. The maximum Gasteiger partial charge on any atom is 0.246 e. The number of allylic oxidation sites excluding steroid dienone is 1. The third kappa shape index (κ3) is 10.9. The SMILES string of the molecule is C=CCN(/C=C\CC)/C(=C\NC)c1csc(C(C)N(CCC)C(=O)C(NC(=O)[C@H](C)NC)C2CCCCC2)n1.CC. The second-order valence-corrected chi connectivity index (χ2v) is 11.1. The fourth-order valence-corrected chi connectivity index (χ4v) is 5.84. The highest BCUT2D eigenvalue weighted by Gasteiger charge is 2.36. The Bertz CT molecular complexity index is 969. The molecule has 1 fully saturated rings. The number of hydrogen-bond acceptors (Lipinski definition) is 7. The molecule has 3 atom stereocenters. The Hall–Kier alpha value is -2.65. The standard InChI is InChI=1S/C30H50N6O2S.C2H6/c1-8-11-19-35(17-9-2)26(20-31-6)25-21-39-29(33-25)23(5)36(18-10-3)30(38)27(24-15-13-12-14-16-24)34-28(37)22(4)32-7;1-2/h9,11,19-24,27,31-32H,2,8,10,12-18H2,1,3-7H3,(H,34,37);1-2H3/b19-11-,26-20-;/t22-,23?,27?;/m0./s1. The van der Waals surface area contributed by atoms with Gasteiger partial charge in [0.15, 0.2) is 0 Å². The number of hydrogen-bond donors (Lipinski definition) is 3. The summed E-state index contributed by atoms with van der Waals surface area (Å²) in [5.74, 6) is 0.0156. The first-order valence-corrected chi connectivity index (χ1v) is 16.4. The van der Waals surface area contributed by atoms with Gasteiger partial charge >= 0.3 is 0 Å². The topological polar surface area (TPSA) is 89.6 Å². The summed E-state index contributed by atoms with van der Waals surface area (Å²) in [6, 6.07) is -1.10. The Morgan fingerprint density at radius 3 is 2.41 bits per heavy atom. The molecule has 8 nitrogen and oxygen atoms in total. The zero-order valence-corrected chi connectivity index (χ0v) is 27.7. The lowest BCUT2D eigenvalue weighted by molar-refractivity contribution is -0.140. The Labute approximate surface area is 253 Å². The minimum absolute atomic E-state index is 0.00481. The van der Waals surface area contributed by atoms with E-state index in [0.29, 0.717) is 13.1 Å². The number of carbonyl (C=O) groups is 2. The number of likely N-dealkylation sites (N-methyl/N-ethyl adjacent to an activating group) is 1. The van der Waals surface area contributed by atoms with E-state index in [9.17, 15) is 9.59 Å². The average Bonchev–Trinajstić information content (AvgIpc) is 3.50. The Morgan fingerprint density at radius 2 is 1.85 bits per heavy atom. The second kappa shape index (κ2) is 20.3. The van der Waals surface area contributed by atoms with Crippen LogP contribution in [0, 0.1) is 5.92 Å². The third-order valence-corrected chi connectivity index (χ3v) is 8.32. The molecular weight excluding hydrogens is 532 g/mol. The predicted octanol–water partition coefficient (Wildman–Crippen LogP) is 6.07. The summed E-state index contributed by atoms with van der Waals surface area (Å²) in [7, 11) is 3.64. The van der Waals surface area contributed by atoms with Gasteiger partial charge in [-0.05, 0) is 52.5 Å². The van der Waals surface area contributed by atoms with Gasteiger partial charge in [0, 0.05) is 37.9 Å². The highest BCUT2D eigenvalue weighted by atomic mass is 32.1. The summed E-state index contributed by atoms with van der Waals surface area (Å²) in [6.45, 7) is 17.2. The molecule has 0 aliphatic heterocycles. The van der Waals surface area contributed by atoms with Crippen molar-refractivity contribution in [1.82, 2.24) is 30.7 Å². The van der Waals surface area contributed by atoms with Crippen molar-refractivity contribution in [3.8, 4) is 0 Å². The van der Waals surface area contributed by atoms with Gasteiger partial charge in [-0.25, -0.2) is 4.98 Å². The summed E-state index contributed by atoms with van der Waals surface area (Å²) in [5.41, 5.74) is 1.79.